The molecule has 0 aliphatic heterocycles. The number of furan rings is 1. The van der Waals surface area contributed by atoms with Gasteiger partial charge in [0.25, 0.3) is 0 Å². The molecule has 0 unspecified atom stereocenters. The Morgan fingerprint density at radius 3 is 2.76 bits per heavy atom. The molecule has 0 saturated heterocycles. The van der Waals surface area contributed by atoms with Crippen molar-refractivity contribution in [2.45, 2.75) is 60.0 Å². The van der Waals surface area contributed by atoms with Gasteiger partial charge in [-0.25, -0.2) is 4.79 Å². The van der Waals surface area contributed by atoms with Gasteiger partial charge < -0.3 is 19.2 Å². The van der Waals surface area contributed by atoms with Crippen LogP contribution in [-0.4, -0.2) is 23.1 Å². The Bertz CT molecular complexity index is 768. The number of fused-ring (bicyclic) bond motifs is 1. The lowest BCUT2D eigenvalue weighted by atomic mass is 9.75. The van der Waals surface area contributed by atoms with Gasteiger partial charge in [0, 0.05) is 24.6 Å². The Balaban J connectivity index is 1.74. The molecule has 0 fully saturated rings. The summed E-state index contributed by atoms with van der Waals surface area (Å²) >= 11 is 0. The van der Waals surface area contributed by atoms with Crippen molar-refractivity contribution in [2.75, 3.05) is 7.05 Å². The van der Waals surface area contributed by atoms with Gasteiger partial charge in [-0.15, -0.1) is 0 Å². The van der Waals surface area contributed by atoms with Crippen LogP contribution in [0.5, 0.6) is 0 Å². The van der Waals surface area contributed by atoms with Crippen LogP contribution in [0.4, 0.5) is 4.79 Å². The lowest BCUT2D eigenvalue weighted by molar-refractivity contribution is 0.188. The number of amides is 2. The average molecular weight is 345 g/mol. The van der Waals surface area contributed by atoms with Crippen LogP contribution in [0.2, 0.25) is 0 Å². The second-order valence-electron chi connectivity index (χ2n) is 7.94. The van der Waals surface area contributed by atoms with Gasteiger partial charge in [-0.1, -0.05) is 19.0 Å². The van der Waals surface area contributed by atoms with E-state index >= 15 is 0 Å². The fourth-order valence-corrected chi connectivity index (χ4v) is 3.61. The molecule has 6 heteroatoms. The maximum atomic E-state index is 12.7. The first-order valence-corrected chi connectivity index (χ1v) is 8.69. The molecule has 6 nitrogen and oxygen atoms in total. The molecule has 1 aliphatic rings. The third-order valence-electron chi connectivity index (χ3n) is 4.96. The average Bonchev–Trinajstić information content (AvgIpc) is 3.02. The molecule has 136 valence electrons. The lowest BCUT2D eigenvalue weighted by Gasteiger charge is -2.35. The number of aryl methyl sites for hydroxylation is 3. The first-order chi connectivity index (χ1) is 11.7. The smallest absolute Gasteiger partial charge is 0.317 e. The van der Waals surface area contributed by atoms with Crippen molar-refractivity contribution in [1.82, 2.24) is 15.4 Å². The molecule has 0 radical (unpaired) electrons. The molecule has 0 saturated carbocycles. The van der Waals surface area contributed by atoms with Gasteiger partial charge in [-0.05, 0) is 38.7 Å². The molecule has 1 N–H and O–H groups in total. The van der Waals surface area contributed by atoms with Crippen LogP contribution in [0.3, 0.4) is 0 Å². The number of nitrogens with one attached hydrogen (secondary N) is 1. The summed E-state index contributed by atoms with van der Waals surface area (Å²) in [6.07, 6.45) is 1.79. The van der Waals surface area contributed by atoms with Crippen LogP contribution in [0.25, 0.3) is 0 Å². The first kappa shape index (κ1) is 17.6. The molecular formula is C19H27N3O3. The predicted octanol–water partition coefficient (Wildman–Crippen LogP) is 4.05. The molecule has 3 rings (SSSR count). The molecule has 2 amide bonds. The molecule has 25 heavy (non-hydrogen) atoms. The van der Waals surface area contributed by atoms with Gasteiger partial charge in [0.15, 0.2) is 0 Å². The molecule has 0 spiro atoms. The van der Waals surface area contributed by atoms with E-state index in [9.17, 15) is 4.79 Å². The van der Waals surface area contributed by atoms with Crippen molar-refractivity contribution in [1.29, 1.82) is 0 Å². The summed E-state index contributed by atoms with van der Waals surface area (Å²) in [6, 6.07) is 1.91. The third kappa shape index (κ3) is 3.57. The number of hydrogen-bond acceptors (Lipinski definition) is 4. The Morgan fingerprint density at radius 2 is 2.12 bits per heavy atom. The normalized spacial score (nSPS) is 18.7. The highest BCUT2D eigenvalue weighted by Crippen LogP contribution is 2.42. The third-order valence-corrected chi connectivity index (χ3v) is 4.96. The second kappa shape index (κ2) is 6.24. The lowest BCUT2D eigenvalue weighted by Crippen LogP contribution is -2.42. The number of nitrogens with zero attached hydrogens (tertiary/aromatic N) is 2. The zero-order chi connectivity index (χ0) is 18.4. The number of aromatic nitrogens is 1. The summed E-state index contributed by atoms with van der Waals surface area (Å²) in [5, 5.41) is 7.12. The van der Waals surface area contributed by atoms with Crippen LogP contribution >= 0.6 is 0 Å². The second-order valence-corrected chi connectivity index (χ2v) is 7.94. The summed E-state index contributed by atoms with van der Waals surface area (Å²) in [7, 11) is 1.79. The Hall–Kier alpha value is -2.24. The maximum absolute atomic E-state index is 12.7. The van der Waals surface area contributed by atoms with E-state index in [4.69, 9.17) is 8.94 Å². The molecule has 2 aromatic rings. The largest absolute Gasteiger partial charge is 0.466 e. The quantitative estimate of drug-likeness (QED) is 0.911. The van der Waals surface area contributed by atoms with E-state index in [1.807, 2.05) is 26.8 Å². The molecule has 0 aromatic carbocycles. The standard InChI is InChI=1S/C19H27N3O3/c1-11-7-14-16(8-19(4,5)9-17(14)24-11)20-18(23)22(6)10-15-12(2)21-25-13(15)3/h7,16H,8-10H2,1-6H3,(H,20,23)/t16-/m0/s1. The number of carbonyl (C=O) groups excluding carboxylic acids is 1. The van der Waals surface area contributed by atoms with E-state index in [1.54, 1.807) is 11.9 Å². The van der Waals surface area contributed by atoms with Crippen LogP contribution in [0.15, 0.2) is 15.0 Å². The molecule has 0 bridgehead atoms. The zero-order valence-corrected chi connectivity index (χ0v) is 15.9. The minimum Gasteiger partial charge on any atom is -0.466 e. The summed E-state index contributed by atoms with van der Waals surface area (Å²) in [5.74, 6) is 2.64. The Labute approximate surface area is 148 Å². The van der Waals surface area contributed by atoms with E-state index in [2.05, 4.69) is 24.3 Å². The molecular weight excluding hydrogens is 318 g/mol. The predicted molar refractivity (Wildman–Crippen MR) is 94.3 cm³/mol. The highest BCUT2D eigenvalue weighted by Gasteiger charge is 2.36. The first-order valence-electron chi connectivity index (χ1n) is 8.69. The SMILES string of the molecule is Cc1cc2c(o1)CC(C)(C)C[C@@H]2NC(=O)N(C)Cc1c(C)noc1C. The van der Waals surface area contributed by atoms with Crippen LogP contribution in [0.1, 0.15) is 60.4 Å². The molecule has 2 aromatic heterocycles. The zero-order valence-electron chi connectivity index (χ0n) is 15.9. The number of carbonyl (C=O) groups is 1. The van der Waals surface area contributed by atoms with Gasteiger partial charge in [0.2, 0.25) is 0 Å². The topological polar surface area (TPSA) is 71.5 Å². The van der Waals surface area contributed by atoms with Crippen LogP contribution < -0.4 is 5.32 Å². The van der Waals surface area contributed by atoms with Crippen molar-refractivity contribution in [3.63, 3.8) is 0 Å². The van der Waals surface area contributed by atoms with Crippen LogP contribution in [0, 0.1) is 26.2 Å². The van der Waals surface area contributed by atoms with Crippen molar-refractivity contribution >= 4 is 6.03 Å². The monoisotopic (exact) mass is 345 g/mol. The van der Waals surface area contributed by atoms with E-state index in [1.165, 1.54) is 0 Å². The summed E-state index contributed by atoms with van der Waals surface area (Å²) < 4.78 is 11.0. The Kier molecular flexibility index (Phi) is 4.39. The van der Waals surface area contributed by atoms with E-state index in [-0.39, 0.29) is 17.5 Å². The Morgan fingerprint density at radius 1 is 1.40 bits per heavy atom. The van der Waals surface area contributed by atoms with E-state index in [0.29, 0.717) is 6.54 Å². The highest BCUT2D eigenvalue weighted by molar-refractivity contribution is 5.74. The molecule has 2 heterocycles. The van der Waals surface area contributed by atoms with Crippen molar-refractivity contribution < 1.29 is 13.7 Å². The number of hydrogen-bond donors (Lipinski definition) is 1. The fourth-order valence-electron chi connectivity index (χ4n) is 3.61. The van der Waals surface area contributed by atoms with Crippen molar-refractivity contribution in [3.05, 3.63) is 40.2 Å². The summed E-state index contributed by atoms with van der Waals surface area (Å²) in [4.78, 5) is 14.4. The number of urea groups is 1. The maximum Gasteiger partial charge on any atom is 0.317 e. The number of rotatable bonds is 3. The summed E-state index contributed by atoms with van der Waals surface area (Å²) in [5.41, 5.74) is 2.98. The van der Waals surface area contributed by atoms with Crippen molar-refractivity contribution in [2.24, 2.45) is 5.41 Å². The van der Waals surface area contributed by atoms with E-state index in [0.717, 1.165) is 46.9 Å². The highest BCUT2D eigenvalue weighted by atomic mass is 16.5. The molecule has 1 aliphatic carbocycles. The fraction of sp³-hybridized carbons (Fsp3) is 0.579. The minimum atomic E-state index is -0.104. The minimum absolute atomic E-state index is 0.0316. The van der Waals surface area contributed by atoms with Gasteiger partial charge in [0.05, 0.1) is 18.3 Å². The van der Waals surface area contributed by atoms with Crippen molar-refractivity contribution in [3.8, 4) is 0 Å². The van der Waals surface area contributed by atoms with E-state index < -0.39 is 0 Å². The van der Waals surface area contributed by atoms with Gasteiger partial charge in [-0.2, -0.15) is 0 Å². The molecule has 1 atom stereocenters. The van der Waals surface area contributed by atoms with Gasteiger partial charge in [-0.3, -0.25) is 0 Å². The van der Waals surface area contributed by atoms with Gasteiger partial charge >= 0.3 is 6.03 Å². The van der Waals surface area contributed by atoms with Gasteiger partial charge in [0.1, 0.15) is 17.3 Å². The van der Waals surface area contributed by atoms with Crippen LogP contribution in [-0.2, 0) is 13.0 Å². The summed E-state index contributed by atoms with van der Waals surface area (Å²) in [6.45, 7) is 10.6.